The summed E-state index contributed by atoms with van der Waals surface area (Å²) < 4.78 is 0. The molecule has 0 spiro atoms. The third-order valence-electron chi connectivity index (χ3n) is 2.23. The topological polar surface area (TPSA) is 50.4 Å². The number of nitrogens with two attached hydrogens (primary N) is 1. The van der Waals surface area contributed by atoms with Gasteiger partial charge < -0.3 is 11.1 Å². The van der Waals surface area contributed by atoms with Crippen LogP contribution in [-0.4, -0.2) is 18.5 Å². The summed E-state index contributed by atoms with van der Waals surface area (Å²) in [6.07, 6.45) is 3.54. The van der Waals surface area contributed by atoms with Crippen LogP contribution in [-0.2, 0) is 0 Å². The molecule has 0 saturated heterocycles. The smallest absolute Gasteiger partial charge is 0.188 e. The minimum absolute atomic E-state index is 0.584. The molecule has 0 radical (unpaired) electrons. The van der Waals surface area contributed by atoms with Gasteiger partial charge in [0.2, 0.25) is 0 Å². The van der Waals surface area contributed by atoms with Crippen LogP contribution in [0.2, 0.25) is 0 Å². The summed E-state index contributed by atoms with van der Waals surface area (Å²) in [6.45, 7) is 5.20. The van der Waals surface area contributed by atoms with Crippen molar-refractivity contribution in [2.45, 2.75) is 39.2 Å². The molecule has 3 heteroatoms. The average Bonchev–Trinajstić information content (AvgIpc) is 1.98. The molecule has 1 rings (SSSR count). The Morgan fingerprint density at radius 1 is 1.58 bits per heavy atom. The first kappa shape index (κ1) is 9.36. The van der Waals surface area contributed by atoms with Gasteiger partial charge in [0.15, 0.2) is 5.96 Å². The van der Waals surface area contributed by atoms with Gasteiger partial charge in [-0.15, -0.1) is 0 Å². The van der Waals surface area contributed by atoms with Crippen LogP contribution in [0.15, 0.2) is 4.99 Å². The predicted molar refractivity (Wildman–Crippen MR) is 52.1 cm³/mol. The fourth-order valence-corrected chi connectivity index (χ4v) is 1.51. The zero-order chi connectivity index (χ0) is 8.97. The summed E-state index contributed by atoms with van der Waals surface area (Å²) in [5.74, 6) is 1.48. The van der Waals surface area contributed by atoms with E-state index < -0.39 is 0 Å². The Hall–Kier alpha value is -0.730. The summed E-state index contributed by atoms with van der Waals surface area (Å²) in [6, 6.07) is 0.584. The molecule has 0 heterocycles. The number of aliphatic imine (C=N–C) groups is 1. The molecule has 3 N–H and O–H groups in total. The molecule has 0 bridgehead atoms. The summed E-state index contributed by atoms with van der Waals surface area (Å²) in [4.78, 5) is 4.17. The minimum atomic E-state index is 0.584. The van der Waals surface area contributed by atoms with Gasteiger partial charge in [-0.05, 0) is 25.2 Å². The van der Waals surface area contributed by atoms with E-state index in [1.807, 2.05) is 0 Å². The highest BCUT2D eigenvalue weighted by Crippen LogP contribution is 2.25. The Balaban J connectivity index is 2.13. The van der Waals surface area contributed by atoms with Gasteiger partial charge in [-0.2, -0.15) is 0 Å². The zero-order valence-corrected chi connectivity index (χ0v) is 8.01. The average molecular weight is 169 g/mol. The van der Waals surface area contributed by atoms with E-state index >= 15 is 0 Å². The molecule has 3 nitrogen and oxygen atoms in total. The molecule has 0 aromatic rings. The van der Waals surface area contributed by atoms with Crippen molar-refractivity contribution in [3.63, 3.8) is 0 Å². The molecule has 12 heavy (non-hydrogen) atoms. The second-order valence-electron chi connectivity index (χ2n) is 3.68. The lowest BCUT2D eigenvalue weighted by atomic mass is 9.82. The molecular weight excluding hydrogens is 150 g/mol. The maximum atomic E-state index is 5.65. The number of rotatable bonds is 3. The van der Waals surface area contributed by atoms with E-state index in [9.17, 15) is 0 Å². The van der Waals surface area contributed by atoms with Gasteiger partial charge in [0, 0.05) is 12.6 Å². The van der Waals surface area contributed by atoms with Gasteiger partial charge in [-0.25, -0.2) is 0 Å². The molecule has 0 amide bonds. The molecule has 0 atom stereocenters. The summed E-state index contributed by atoms with van der Waals surface area (Å²) in [7, 11) is 0. The molecule has 0 unspecified atom stereocenters. The maximum Gasteiger partial charge on any atom is 0.188 e. The van der Waals surface area contributed by atoms with Crippen molar-refractivity contribution in [3.05, 3.63) is 0 Å². The fourth-order valence-electron chi connectivity index (χ4n) is 1.51. The van der Waals surface area contributed by atoms with E-state index in [1.54, 1.807) is 0 Å². The van der Waals surface area contributed by atoms with Crippen molar-refractivity contribution in [3.8, 4) is 0 Å². The number of hydrogen-bond donors (Lipinski definition) is 2. The van der Waals surface area contributed by atoms with Crippen LogP contribution in [0.1, 0.15) is 33.1 Å². The molecule has 70 valence electrons. The van der Waals surface area contributed by atoms with Crippen molar-refractivity contribution in [2.24, 2.45) is 16.6 Å². The maximum absolute atomic E-state index is 5.65. The van der Waals surface area contributed by atoms with Gasteiger partial charge in [-0.3, -0.25) is 4.99 Å². The van der Waals surface area contributed by atoms with Gasteiger partial charge in [0.1, 0.15) is 0 Å². The highest BCUT2D eigenvalue weighted by Gasteiger charge is 2.25. The van der Waals surface area contributed by atoms with Crippen molar-refractivity contribution >= 4 is 5.96 Å². The molecule has 1 saturated carbocycles. The van der Waals surface area contributed by atoms with E-state index in [1.165, 1.54) is 12.8 Å². The molecule has 0 aromatic carbocycles. The van der Waals surface area contributed by atoms with E-state index in [-0.39, 0.29) is 0 Å². The minimum Gasteiger partial charge on any atom is -0.370 e. The summed E-state index contributed by atoms with van der Waals surface area (Å²) in [5, 5.41) is 3.21. The quantitative estimate of drug-likeness (QED) is 0.491. The fraction of sp³-hybridized carbons (Fsp3) is 0.889. The number of nitrogens with one attached hydrogen (secondary N) is 1. The van der Waals surface area contributed by atoms with Crippen LogP contribution in [0.4, 0.5) is 0 Å². The van der Waals surface area contributed by atoms with Crippen molar-refractivity contribution in [1.82, 2.24) is 5.32 Å². The lowest BCUT2D eigenvalue weighted by molar-refractivity contribution is 0.267. The van der Waals surface area contributed by atoms with E-state index in [0.29, 0.717) is 12.0 Å². The Morgan fingerprint density at radius 2 is 2.25 bits per heavy atom. The largest absolute Gasteiger partial charge is 0.370 e. The first-order valence-electron chi connectivity index (χ1n) is 4.78. The predicted octanol–water partition coefficient (Wildman–Crippen LogP) is 1.10. The first-order valence-corrected chi connectivity index (χ1v) is 4.78. The Bertz CT molecular complexity index is 159. The van der Waals surface area contributed by atoms with Crippen molar-refractivity contribution < 1.29 is 0 Å². The Morgan fingerprint density at radius 3 is 2.75 bits per heavy atom. The first-order chi connectivity index (χ1) is 5.72. The number of guanidine groups is 1. The van der Waals surface area contributed by atoms with Gasteiger partial charge in [0.05, 0.1) is 0 Å². The molecular formula is C9H19N3. The highest BCUT2D eigenvalue weighted by molar-refractivity contribution is 5.78. The van der Waals surface area contributed by atoms with Gasteiger partial charge in [-0.1, -0.05) is 13.8 Å². The number of nitrogens with zero attached hydrogens (tertiary/aromatic N) is 1. The van der Waals surface area contributed by atoms with Crippen molar-refractivity contribution in [1.29, 1.82) is 0 Å². The highest BCUT2D eigenvalue weighted by atomic mass is 15.1. The number of hydrogen-bond acceptors (Lipinski definition) is 1. The monoisotopic (exact) mass is 169 g/mol. The lowest BCUT2D eigenvalue weighted by Gasteiger charge is -2.33. The van der Waals surface area contributed by atoms with Gasteiger partial charge >= 0.3 is 0 Å². The van der Waals surface area contributed by atoms with Crippen molar-refractivity contribution in [2.75, 3.05) is 6.54 Å². The van der Waals surface area contributed by atoms with Crippen LogP contribution in [0, 0.1) is 5.92 Å². The van der Waals surface area contributed by atoms with Crippen LogP contribution < -0.4 is 11.1 Å². The third-order valence-corrected chi connectivity index (χ3v) is 2.23. The Labute approximate surface area is 74.4 Å². The molecule has 1 fully saturated rings. The van der Waals surface area contributed by atoms with Gasteiger partial charge in [0.25, 0.3) is 0 Å². The molecule has 1 aliphatic carbocycles. The van der Waals surface area contributed by atoms with E-state index in [4.69, 9.17) is 5.73 Å². The van der Waals surface area contributed by atoms with E-state index in [0.717, 1.165) is 18.9 Å². The third kappa shape index (κ3) is 2.72. The summed E-state index contributed by atoms with van der Waals surface area (Å²) in [5.41, 5.74) is 5.65. The molecule has 1 aliphatic rings. The zero-order valence-electron chi connectivity index (χ0n) is 8.01. The standard InChI is InChI=1S/C9H19N3/c1-3-4-11-9(10)12-8-5-7(2)6-8/h7-8H,3-6H2,1-2H3,(H3,10,11,12). The van der Waals surface area contributed by atoms with Crippen LogP contribution in [0.25, 0.3) is 0 Å². The normalized spacial score (nSPS) is 29.7. The van der Waals surface area contributed by atoms with E-state index in [2.05, 4.69) is 24.2 Å². The summed E-state index contributed by atoms with van der Waals surface area (Å²) >= 11 is 0. The lowest BCUT2D eigenvalue weighted by Crippen LogP contribution is -2.46. The Kier molecular flexibility index (Phi) is 3.38. The molecule has 0 aliphatic heterocycles. The van der Waals surface area contributed by atoms with Crippen LogP contribution in [0.5, 0.6) is 0 Å². The second kappa shape index (κ2) is 4.33. The van der Waals surface area contributed by atoms with Crippen LogP contribution in [0.3, 0.4) is 0 Å². The molecule has 0 aromatic heterocycles. The SMILES string of the molecule is CCCN=C(N)NC1CC(C)C1. The van der Waals surface area contributed by atoms with Crippen LogP contribution >= 0.6 is 0 Å². The second-order valence-corrected chi connectivity index (χ2v) is 3.68.